The molecular formula is C14H19N3O2S. The topological polar surface area (TPSA) is 56.1 Å². The Hall–Kier alpha value is -1.66. The minimum atomic E-state index is -0.189. The summed E-state index contributed by atoms with van der Waals surface area (Å²) in [4.78, 5) is 13.4. The highest BCUT2D eigenvalue weighted by molar-refractivity contribution is 7.12. The molecule has 0 saturated carbocycles. The Labute approximate surface area is 122 Å². The first kappa shape index (κ1) is 14.7. The zero-order valence-corrected chi connectivity index (χ0v) is 12.4. The van der Waals surface area contributed by atoms with E-state index in [1.165, 1.54) is 12.0 Å². The molecule has 0 aliphatic rings. The Morgan fingerprint density at radius 3 is 3.05 bits per heavy atom. The Balaban J connectivity index is 1.63. The molecule has 0 spiro atoms. The Morgan fingerprint density at radius 2 is 2.30 bits per heavy atom. The van der Waals surface area contributed by atoms with E-state index in [2.05, 4.69) is 21.2 Å². The van der Waals surface area contributed by atoms with Gasteiger partial charge in [-0.15, -0.1) is 11.3 Å². The molecule has 0 fully saturated rings. The van der Waals surface area contributed by atoms with Gasteiger partial charge in [-0.05, 0) is 31.2 Å². The molecule has 0 aromatic carbocycles. The molecule has 2 aromatic rings. The minimum Gasteiger partial charge on any atom is -0.469 e. The molecule has 1 N–H and O–H groups in total. The summed E-state index contributed by atoms with van der Waals surface area (Å²) in [6.07, 6.45) is 5.17. The largest absolute Gasteiger partial charge is 0.469 e. The normalized spacial score (nSPS) is 10.7. The van der Waals surface area contributed by atoms with Gasteiger partial charge in [0.15, 0.2) is 0 Å². The van der Waals surface area contributed by atoms with Crippen LogP contribution in [0.5, 0.6) is 0 Å². The average molecular weight is 293 g/mol. The van der Waals surface area contributed by atoms with Crippen LogP contribution in [0.15, 0.2) is 30.6 Å². The van der Waals surface area contributed by atoms with Gasteiger partial charge in [-0.1, -0.05) is 0 Å². The lowest BCUT2D eigenvalue weighted by Gasteiger charge is -2.03. The zero-order valence-electron chi connectivity index (χ0n) is 11.5. The summed E-state index contributed by atoms with van der Waals surface area (Å²) in [7, 11) is 1.41. The van der Waals surface area contributed by atoms with Gasteiger partial charge in [0.1, 0.15) is 0 Å². The van der Waals surface area contributed by atoms with Gasteiger partial charge < -0.3 is 10.1 Å². The van der Waals surface area contributed by atoms with Crippen molar-refractivity contribution < 1.29 is 9.53 Å². The summed E-state index contributed by atoms with van der Waals surface area (Å²) in [6, 6.07) is 5.98. The maximum Gasteiger partial charge on any atom is 0.310 e. The van der Waals surface area contributed by atoms with Gasteiger partial charge in [-0.3, -0.25) is 9.48 Å². The lowest BCUT2D eigenvalue weighted by atomic mass is 10.3. The number of aryl methyl sites for hydroxylation is 1. The van der Waals surface area contributed by atoms with E-state index >= 15 is 0 Å². The van der Waals surface area contributed by atoms with E-state index in [0.717, 1.165) is 30.9 Å². The van der Waals surface area contributed by atoms with Crippen molar-refractivity contribution in [3.63, 3.8) is 0 Å². The van der Waals surface area contributed by atoms with Gasteiger partial charge in [0, 0.05) is 35.2 Å². The molecule has 5 nitrogen and oxygen atoms in total. The highest BCUT2D eigenvalue weighted by atomic mass is 32.1. The third-order valence-corrected chi connectivity index (χ3v) is 3.95. The van der Waals surface area contributed by atoms with Gasteiger partial charge in [0.25, 0.3) is 0 Å². The van der Waals surface area contributed by atoms with Crippen molar-refractivity contribution in [1.82, 2.24) is 15.1 Å². The van der Waals surface area contributed by atoms with E-state index in [1.54, 1.807) is 17.5 Å². The van der Waals surface area contributed by atoms with Crippen LogP contribution in [0.2, 0.25) is 0 Å². The van der Waals surface area contributed by atoms with Crippen LogP contribution in [0.4, 0.5) is 0 Å². The maximum atomic E-state index is 11.2. The second kappa shape index (κ2) is 7.81. The number of nitrogens with one attached hydrogen (secondary N) is 1. The Kier molecular flexibility index (Phi) is 5.76. The highest BCUT2D eigenvalue weighted by Crippen LogP contribution is 2.17. The molecule has 0 radical (unpaired) electrons. The molecule has 0 bridgehead atoms. The SMILES string of the molecule is COC(=O)Cc1ccc(CNCCCn2cccn2)s1. The van der Waals surface area contributed by atoms with E-state index in [1.807, 2.05) is 23.0 Å². The molecule has 20 heavy (non-hydrogen) atoms. The number of esters is 1. The van der Waals surface area contributed by atoms with E-state index in [-0.39, 0.29) is 5.97 Å². The molecule has 0 unspecified atom stereocenters. The van der Waals surface area contributed by atoms with Crippen molar-refractivity contribution in [3.8, 4) is 0 Å². The molecule has 6 heteroatoms. The van der Waals surface area contributed by atoms with Crippen LogP contribution in [0.3, 0.4) is 0 Å². The van der Waals surface area contributed by atoms with E-state index in [0.29, 0.717) is 6.42 Å². The lowest BCUT2D eigenvalue weighted by Crippen LogP contribution is -2.16. The van der Waals surface area contributed by atoms with Gasteiger partial charge in [-0.25, -0.2) is 0 Å². The molecule has 2 rings (SSSR count). The van der Waals surface area contributed by atoms with Crippen LogP contribution in [-0.2, 0) is 29.0 Å². The number of rotatable bonds is 8. The van der Waals surface area contributed by atoms with Crippen LogP contribution in [0.25, 0.3) is 0 Å². The first-order chi connectivity index (χ1) is 9.78. The van der Waals surface area contributed by atoms with Crippen molar-refractivity contribution >= 4 is 17.3 Å². The van der Waals surface area contributed by atoms with Gasteiger partial charge >= 0.3 is 5.97 Å². The number of ether oxygens (including phenoxy) is 1. The third kappa shape index (κ3) is 4.79. The number of carbonyl (C=O) groups excluding carboxylic acids is 1. The number of nitrogens with zero attached hydrogens (tertiary/aromatic N) is 2. The number of thiophene rings is 1. The lowest BCUT2D eigenvalue weighted by molar-refractivity contribution is -0.139. The van der Waals surface area contributed by atoms with Crippen LogP contribution < -0.4 is 5.32 Å². The molecule has 0 atom stereocenters. The summed E-state index contributed by atoms with van der Waals surface area (Å²) in [5.41, 5.74) is 0. The van der Waals surface area contributed by atoms with E-state index in [9.17, 15) is 4.79 Å². The van der Waals surface area contributed by atoms with Crippen LogP contribution in [0.1, 0.15) is 16.2 Å². The highest BCUT2D eigenvalue weighted by Gasteiger charge is 2.05. The standard InChI is InChI=1S/C14H19N3O2S/c1-19-14(18)10-12-4-5-13(20-12)11-15-6-2-8-17-9-3-7-16-17/h3-5,7,9,15H,2,6,8,10-11H2,1H3. The zero-order chi connectivity index (χ0) is 14.2. The van der Waals surface area contributed by atoms with Gasteiger partial charge in [0.2, 0.25) is 0 Å². The number of methoxy groups -OCH3 is 1. The van der Waals surface area contributed by atoms with E-state index in [4.69, 9.17) is 0 Å². The first-order valence-corrected chi connectivity index (χ1v) is 7.42. The molecule has 108 valence electrons. The molecule has 0 amide bonds. The monoisotopic (exact) mass is 293 g/mol. The first-order valence-electron chi connectivity index (χ1n) is 6.60. The summed E-state index contributed by atoms with van der Waals surface area (Å²) in [5, 5.41) is 7.56. The summed E-state index contributed by atoms with van der Waals surface area (Å²) in [5.74, 6) is -0.189. The predicted octanol–water partition coefficient (Wildman–Crippen LogP) is 1.84. The fourth-order valence-corrected chi connectivity index (χ4v) is 2.81. The number of hydrogen-bond donors (Lipinski definition) is 1. The van der Waals surface area contributed by atoms with Crippen LogP contribution in [0, 0.1) is 0 Å². The summed E-state index contributed by atoms with van der Waals surface area (Å²) >= 11 is 1.65. The fourth-order valence-electron chi connectivity index (χ4n) is 1.84. The summed E-state index contributed by atoms with van der Waals surface area (Å²) in [6.45, 7) is 2.72. The smallest absolute Gasteiger partial charge is 0.310 e. The summed E-state index contributed by atoms with van der Waals surface area (Å²) < 4.78 is 6.59. The van der Waals surface area contributed by atoms with Gasteiger partial charge in [-0.2, -0.15) is 5.10 Å². The van der Waals surface area contributed by atoms with Crippen LogP contribution >= 0.6 is 11.3 Å². The molecular weight excluding hydrogens is 274 g/mol. The number of hydrogen-bond acceptors (Lipinski definition) is 5. The number of carbonyl (C=O) groups is 1. The minimum absolute atomic E-state index is 0.189. The fraction of sp³-hybridized carbons (Fsp3) is 0.429. The molecule has 2 aromatic heterocycles. The maximum absolute atomic E-state index is 11.2. The third-order valence-electron chi connectivity index (χ3n) is 2.86. The average Bonchev–Trinajstić information content (AvgIpc) is 3.10. The van der Waals surface area contributed by atoms with Crippen molar-refractivity contribution in [3.05, 3.63) is 40.3 Å². The number of aromatic nitrogens is 2. The predicted molar refractivity (Wildman–Crippen MR) is 78.6 cm³/mol. The Bertz CT molecular complexity index is 522. The molecule has 0 saturated heterocycles. The quantitative estimate of drug-likeness (QED) is 0.596. The van der Waals surface area contributed by atoms with Crippen molar-refractivity contribution in [2.45, 2.75) is 25.9 Å². The van der Waals surface area contributed by atoms with E-state index < -0.39 is 0 Å². The second-order valence-corrected chi connectivity index (χ2v) is 5.67. The van der Waals surface area contributed by atoms with Crippen molar-refractivity contribution in [1.29, 1.82) is 0 Å². The molecule has 0 aliphatic heterocycles. The Morgan fingerprint density at radius 1 is 1.45 bits per heavy atom. The van der Waals surface area contributed by atoms with Gasteiger partial charge in [0.05, 0.1) is 13.5 Å². The molecule has 2 heterocycles. The second-order valence-electron chi connectivity index (χ2n) is 4.42. The van der Waals surface area contributed by atoms with Crippen LogP contribution in [-0.4, -0.2) is 29.4 Å². The van der Waals surface area contributed by atoms with Crippen molar-refractivity contribution in [2.24, 2.45) is 0 Å². The van der Waals surface area contributed by atoms with Crippen molar-refractivity contribution in [2.75, 3.05) is 13.7 Å². The molecule has 0 aliphatic carbocycles.